The number of carbonyl (C=O) groups is 1. The summed E-state index contributed by atoms with van der Waals surface area (Å²) in [6, 6.07) is 0.427. The van der Waals surface area contributed by atoms with Gasteiger partial charge in [-0.05, 0) is 40.5 Å². The van der Waals surface area contributed by atoms with Crippen molar-refractivity contribution < 1.29 is 9.53 Å². The molecule has 0 spiro atoms. The molecule has 1 aromatic heterocycles. The highest BCUT2D eigenvalue weighted by Gasteiger charge is 2.26. The Morgan fingerprint density at radius 1 is 1.36 bits per heavy atom. The van der Waals surface area contributed by atoms with Gasteiger partial charge in [-0.15, -0.1) is 0 Å². The second-order valence-corrected chi connectivity index (χ2v) is 6.76. The van der Waals surface area contributed by atoms with Crippen LogP contribution < -0.4 is 5.32 Å². The van der Waals surface area contributed by atoms with E-state index < -0.39 is 5.60 Å². The highest BCUT2D eigenvalue weighted by Crippen LogP contribution is 2.22. The molecule has 122 valence electrons. The van der Waals surface area contributed by atoms with Gasteiger partial charge in [-0.3, -0.25) is 14.9 Å². The van der Waals surface area contributed by atoms with Gasteiger partial charge in [0.2, 0.25) is 0 Å². The summed E-state index contributed by atoms with van der Waals surface area (Å²) in [4.78, 5) is 22.7. The van der Waals surface area contributed by atoms with Gasteiger partial charge in [0.1, 0.15) is 5.60 Å². The minimum absolute atomic E-state index is 0.181. The number of ether oxygens (including phenoxy) is 1. The van der Waals surface area contributed by atoms with Gasteiger partial charge in [-0.2, -0.15) is 0 Å². The van der Waals surface area contributed by atoms with E-state index in [1.807, 2.05) is 27.0 Å². The molecule has 1 aromatic rings. The number of aromatic nitrogens is 2. The topological polar surface area (TPSA) is 67.4 Å². The number of piperidine rings is 1. The second-order valence-electron chi connectivity index (χ2n) is 6.76. The Hall–Kier alpha value is -1.69. The molecule has 6 nitrogen and oxygen atoms in total. The molecular weight excluding hydrogens is 280 g/mol. The average Bonchev–Trinajstić information content (AvgIpc) is 2.46. The molecule has 1 amide bonds. The van der Waals surface area contributed by atoms with Gasteiger partial charge in [0.05, 0.1) is 11.7 Å². The van der Waals surface area contributed by atoms with Crippen LogP contribution in [0.3, 0.4) is 0 Å². The number of carbonyl (C=O) groups excluding carboxylic acids is 1. The maximum absolute atomic E-state index is 11.8. The Balaban J connectivity index is 1.79. The number of likely N-dealkylation sites (tertiary alicyclic amines) is 1. The van der Waals surface area contributed by atoms with Gasteiger partial charge in [0.25, 0.3) is 0 Å². The van der Waals surface area contributed by atoms with E-state index in [1.165, 1.54) is 0 Å². The van der Waals surface area contributed by atoms with Crippen LogP contribution in [-0.2, 0) is 4.74 Å². The molecule has 0 saturated carbocycles. The zero-order valence-electron chi connectivity index (χ0n) is 13.9. The van der Waals surface area contributed by atoms with Crippen molar-refractivity contribution in [1.82, 2.24) is 20.2 Å². The van der Waals surface area contributed by atoms with Crippen LogP contribution in [0.15, 0.2) is 18.6 Å². The molecule has 0 aliphatic carbocycles. The van der Waals surface area contributed by atoms with Gasteiger partial charge < -0.3 is 10.1 Å². The van der Waals surface area contributed by atoms with Crippen LogP contribution in [0.4, 0.5) is 4.79 Å². The number of hydrogen-bond donors (Lipinski definition) is 1. The highest BCUT2D eigenvalue weighted by atomic mass is 16.6. The maximum Gasteiger partial charge on any atom is 0.407 e. The van der Waals surface area contributed by atoms with Gasteiger partial charge in [0, 0.05) is 37.7 Å². The number of amides is 1. The molecule has 1 aliphatic rings. The van der Waals surface area contributed by atoms with Crippen LogP contribution in [0.5, 0.6) is 0 Å². The summed E-state index contributed by atoms with van der Waals surface area (Å²) in [6.07, 6.45) is 6.74. The lowest BCUT2D eigenvalue weighted by atomic mass is 10.0. The third-order valence-corrected chi connectivity index (χ3v) is 3.81. The molecule has 22 heavy (non-hydrogen) atoms. The van der Waals surface area contributed by atoms with Gasteiger partial charge in [-0.25, -0.2) is 4.79 Å². The van der Waals surface area contributed by atoms with E-state index in [1.54, 1.807) is 12.4 Å². The Labute approximate surface area is 132 Å². The van der Waals surface area contributed by atoms with Crippen molar-refractivity contribution in [2.45, 2.75) is 58.2 Å². The molecule has 2 rings (SSSR count). The lowest BCUT2D eigenvalue weighted by Gasteiger charge is -2.36. The minimum atomic E-state index is -0.453. The van der Waals surface area contributed by atoms with Crippen molar-refractivity contribution in [3.63, 3.8) is 0 Å². The standard InChI is InChI=1S/C16H26N4O2/c1-12(14-11-17-7-8-18-14)20-9-5-13(6-10-20)19-15(21)22-16(2,3)4/h7-8,11-13H,5-6,9-10H2,1-4H3,(H,19,21)/t12-/m1/s1. The lowest BCUT2D eigenvalue weighted by molar-refractivity contribution is 0.0469. The molecule has 1 aliphatic heterocycles. The summed E-state index contributed by atoms with van der Waals surface area (Å²) in [5, 5.41) is 2.96. The van der Waals surface area contributed by atoms with Crippen LogP contribution in [0.25, 0.3) is 0 Å². The number of nitrogens with zero attached hydrogens (tertiary/aromatic N) is 3. The third kappa shape index (κ3) is 4.94. The molecule has 6 heteroatoms. The fourth-order valence-corrected chi connectivity index (χ4v) is 2.62. The number of hydrogen-bond acceptors (Lipinski definition) is 5. The number of rotatable bonds is 3. The maximum atomic E-state index is 11.8. The molecule has 1 N–H and O–H groups in total. The average molecular weight is 306 g/mol. The smallest absolute Gasteiger partial charge is 0.407 e. The molecule has 2 heterocycles. The Bertz CT molecular complexity index is 479. The highest BCUT2D eigenvalue weighted by molar-refractivity contribution is 5.68. The van der Waals surface area contributed by atoms with Crippen LogP contribution in [-0.4, -0.2) is 45.7 Å². The van der Waals surface area contributed by atoms with E-state index in [2.05, 4.69) is 27.1 Å². The molecular formula is C16H26N4O2. The summed E-state index contributed by atoms with van der Waals surface area (Å²) in [7, 11) is 0. The largest absolute Gasteiger partial charge is 0.444 e. The zero-order valence-corrected chi connectivity index (χ0v) is 13.9. The summed E-state index contributed by atoms with van der Waals surface area (Å²) < 4.78 is 5.30. The zero-order chi connectivity index (χ0) is 16.2. The Morgan fingerprint density at radius 3 is 2.59 bits per heavy atom. The molecule has 0 aromatic carbocycles. The first-order chi connectivity index (χ1) is 10.3. The summed E-state index contributed by atoms with van der Waals surface area (Å²) >= 11 is 0. The Morgan fingerprint density at radius 2 is 2.05 bits per heavy atom. The third-order valence-electron chi connectivity index (χ3n) is 3.81. The first-order valence-electron chi connectivity index (χ1n) is 7.84. The van der Waals surface area contributed by atoms with E-state index in [-0.39, 0.29) is 18.2 Å². The summed E-state index contributed by atoms with van der Waals surface area (Å²) in [5.74, 6) is 0. The second kappa shape index (κ2) is 7.05. The number of nitrogens with one attached hydrogen (secondary N) is 1. The summed E-state index contributed by atoms with van der Waals surface area (Å²) in [5.41, 5.74) is 0.534. The van der Waals surface area contributed by atoms with Gasteiger partial charge >= 0.3 is 6.09 Å². The molecule has 0 unspecified atom stereocenters. The number of alkyl carbamates (subject to hydrolysis) is 1. The molecule has 0 radical (unpaired) electrons. The first-order valence-corrected chi connectivity index (χ1v) is 7.84. The van der Waals surface area contributed by atoms with E-state index in [0.29, 0.717) is 0 Å². The molecule has 0 bridgehead atoms. The predicted molar refractivity (Wildman–Crippen MR) is 84.4 cm³/mol. The molecule has 1 saturated heterocycles. The van der Waals surface area contributed by atoms with Crippen LogP contribution in [0, 0.1) is 0 Å². The quantitative estimate of drug-likeness (QED) is 0.929. The normalized spacial score (nSPS) is 18.7. The van der Waals surface area contributed by atoms with Crippen molar-refractivity contribution in [3.8, 4) is 0 Å². The van der Waals surface area contributed by atoms with Crippen molar-refractivity contribution >= 4 is 6.09 Å². The SMILES string of the molecule is C[C@H](c1cnccn1)N1CCC(NC(=O)OC(C)(C)C)CC1. The monoisotopic (exact) mass is 306 g/mol. The fourth-order valence-electron chi connectivity index (χ4n) is 2.62. The minimum Gasteiger partial charge on any atom is -0.444 e. The molecule has 1 fully saturated rings. The van der Waals surface area contributed by atoms with E-state index >= 15 is 0 Å². The van der Waals surface area contributed by atoms with Gasteiger partial charge in [0.15, 0.2) is 0 Å². The van der Waals surface area contributed by atoms with Crippen molar-refractivity contribution in [1.29, 1.82) is 0 Å². The predicted octanol–water partition coefficient (Wildman–Crippen LogP) is 2.53. The van der Waals surface area contributed by atoms with Crippen molar-refractivity contribution in [2.75, 3.05) is 13.1 Å². The van der Waals surface area contributed by atoms with Crippen molar-refractivity contribution in [2.24, 2.45) is 0 Å². The lowest BCUT2D eigenvalue weighted by Crippen LogP contribution is -2.46. The van der Waals surface area contributed by atoms with E-state index in [4.69, 9.17) is 4.74 Å². The van der Waals surface area contributed by atoms with Gasteiger partial charge in [-0.1, -0.05) is 0 Å². The van der Waals surface area contributed by atoms with Crippen LogP contribution >= 0.6 is 0 Å². The Kier molecular flexibility index (Phi) is 5.34. The van der Waals surface area contributed by atoms with Crippen LogP contribution in [0.1, 0.15) is 52.3 Å². The summed E-state index contributed by atoms with van der Waals surface area (Å²) in [6.45, 7) is 9.62. The van der Waals surface area contributed by atoms with E-state index in [9.17, 15) is 4.79 Å². The fraction of sp³-hybridized carbons (Fsp3) is 0.688. The molecule has 1 atom stereocenters. The first kappa shape index (κ1) is 16.7. The van der Waals surface area contributed by atoms with Crippen molar-refractivity contribution in [3.05, 3.63) is 24.3 Å². The van der Waals surface area contributed by atoms with E-state index in [0.717, 1.165) is 31.6 Å². The van der Waals surface area contributed by atoms with Crippen LogP contribution in [0.2, 0.25) is 0 Å².